The molecule has 0 unspecified atom stereocenters. The molecule has 0 aromatic carbocycles. The molecule has 0 bridgehead atoms. The summed E-state index contributed by atoms with van der Waals surface area (Å²) in [5.41, 5.74) is 2.83. The van der Waals surface area contributed by atoms with Crippen LogP contribution in [0.15, 0.2) is 17.6 Å². The first-order valence-electron chi connectivity index (χ1n) is 4.99. The van der Waals surface area contributed by atoms with Crippen molar-refractivity contribution in [3.05, 3.63) is 17.6 Å². The van der Waals surface area contributed by atoms with E-state index in [2.05, 4.69) is 12.7 Å². The molecule has 3 nitrogen and oxygen atoms in total. The summed E-state index contributed by atoms with van der Waals surface area (Å²) < 4.78 is 21.9. The van der Waals surface area contributed by atoms with Gasteiger partial charge in [0.15, 0.2) is 0 Å². The predicted octanol–water partition coefficient (Wildman–Crippen LogP) is 3.72. The van der Waals surface area contributed by atoms with Crippen molar-refractivity contribution in [2.24, 2.45) is 0 Å². The predicted molar refractivity (Wildman–Crippen MR) is 58.4 cm³/mol. The van der Waals surface area contributed by atoms with Crippen molar-refractivity contribution in [3.8, 4) is 0 Å². The van der Waals surface area contributed by atoms with Gasteiger partial charge in [-0.1, -0.05) is 13.3 Å². The quantitative estimate of drug-likeness (QED) is 0.482. The molecule has 0 aliphatic carbocycles. The lowest BCUT2D eigenvalue weighted by molar-refractivity contribution is 0.229. The molecule has 0 saturated carbocycles. The maximum Gasteiger partial charge on any atom is 0.361 e. The molecule has 0 N–H and O–H groups in total. The van der Waals surface area contributed by atoms with Gasteiger partial charge in [0.2, 0.25) is 0 Å². The second-order valence-corrected chi connectivity index (χ2v) is 4.52. The Morgan fingerprint density at radius 2 is 1.79 bits per heavy atom. The summed E-state index contributed by atoms with van der Waals surface area (Å²) in [6.07, 6.45) is 3.81. The number of rotatable bonds is 7. The van der Waals surface area contributed by atoms with Crippen LogP contribution in [0, 0.1) is 0 Å². The van der Waals surface area contributed by atoms with Gasteiger partial charge in [-0.3, -0.25) is 4.57 Å². The number of unbranched alkanes of at least 4 members (excludes halogenated alkanes) is 1. The summed E-state index contributed by atoms with van der Waals surface area (Å²) in [5.74, 6) is 1.40. The van der Waals surface area contributed by atoms with Gasteiger partial charge in [-0.25, -0.2) is 0 Å². The Kier molecular flexibility index (Phi) is 7.83. The first kappa shape index (κ1) is 13.7. The molecule has 0 radical (unpaired) electrons. The molecule has 0 aromatic rings. The number of hydrogen-bond acceptors (Lipinski definition) is 3. The molecule has 14 heavy (non-hydrogen) atoms. The fourth-order valence-corrected chi connectivity index (χ4v) is 2.07. The number of hydrogen-bond donors (Lipinski definition) is 0. The Morgan fingerprint density at radius 1 is 1.21 bits per heavy atom. The van der Waals surface area contributed by atoms with Crippen LogP contribution in [0.3, 0.4) is 0 Å². The van der Waals surface area contributed by atoms with Crippen molar-refractivity contribution in [2.75, 3.05) is 13.2 Å². The smallest absolute Gasteiger partial charge is 0.305 e. The van der Waals surface area contributed by atoms with E-state index in [1.807, 2.05) is 6.08 Å². The van der Waals surface area contributed by atoms with Gasteiger partial charge in [-0.2, -0.15) is 0 Å². The highest BCUT2D eigenvalue weighted by Crippen LogP contribution is 2.49. The Labute approximate surface area is 86.3 Å². The van der Waals surface area contributed by atoms with Crippen molar-refractivity contribution in [1.82, 2.24) is 0 Å². The molecule has 0 aliphatic rings. The van der Waals surface area contributed by atoms with Crippen molar-refractivity contribution in [2.45, 2.75) is 33.6 Å². The van der Waals surface area contributed by atoms with Crippen LogP contribution in [0.1, 0.15) is 33.6 Å². The van der Waals surface area contributed by atoms with E-state index in [0.29, 0.717) is 13.2 Å². The third-order valence-corrected chi connectivity index (χ3v) is 3.10. The zero-order chi connectivity index (χ0) is 10.9. The topological polar surface area (TPSA) is 35.5 Å². The van der Waals surface area contributed by atoms with Gasteiger partial charge in [0.25, 0.3) is 0 Å². The molecule has 0 atom stereocenters. The van der Waals surface area contributed by atoms with Gasteiger partial charge in [-0.05, 0) is 26.3 Å². The molecule has 0 aliphatic heterocycles. The summed E-state index contributed by atoms with van der Waals surface area (Å²) in [6, 6.07) is 0. The minimum Gasteiger partial charge on any atom is -0.305 e. The zero-order valence-electron chi connectivity index (χ0n) is 9.16. The van der Waals surface area contributed by atoms with Crippen molar-refractivity contribution in [1.29, 1.82) is 0 Å². The highest BCUT2D eigenvalue weighted by molar-refractivity contribution is 7.57. The van der Waals surface area contributed by atoms with Crippen LogP contribution in [-0.4, -0.2) is 13.2 Å². The average molecular weight is 218 g/mol. The van der Waals surface area contributed by atoms with Gasteiger partial charge >= 0.3 is 7.60 Å². The fraction of sp³-hybridized carbons (Fsp3) is 0.700. The first-order valence-corrected chi connectivity index (χ1v) is 6.60. The van der Waals surface area contributed by atoms with Crippen LogP contribution in [0.2, 0.25) is 0 Å². The van der Waals surface area contributed by atoms with Crippen molar-refractivity contribution < 1.29 is 13.6 Å². The van der Waals surface area contributed by atoms with Crippen LogP contribution >= 0.6 is 7.60 Å². The molecule has 0 saturated heterocycles. The maximum atomic E-state index is 11.8. The third-order valence-electron chi connectivity index (χ3n) is 1.40. The first-order chi connectivity index (χ1) is 6.68. The Balaban J connectivity index is 4.35. The normalized spacial score (nSPS) is 10.8. The van der Waals surface area contributed by atoms with E-state index in [1.165, 1.54) is 5.82 Å². The van der Waals surface area contributed by atoms with Crippen LogP contribution in [0.25, 0.3) is 0 Å². The molecule has 0 fully saturated rings. The molecule has 0 rings (SSSR count). The van der Waals surface area contributed by atoms with E-state index >= 15 is 0 Å². The molecule has 0 aromatic heterocycles. The lowest BCUT2D eigenvalue weighted by Crippen LogP contribution is -1.91. The molecule has 0 spiro atoms. The maximum absolute atomic E-state index is 11.8. The Morgan fingerprint density at radius 3 is 2.21 bits per heavy atom. The number of allylic oxidation sites excluding steroid dienone is 1. The zero-order valence-corrected chi connectivity index (χ0v) is 10.0. The van der Waals surface area contributed by atoms with Gasteiger partial charge in [0, 0.05) is 0 Å². The van der Waals surface area contributed by atoms with Crippen LogP contribution < -0.4 is 0 Å². The summed E-state index contributed by atoms with van der Waals surface area (Å²) in [7, 11) is -3.03. The third kappa shape index (κ3) is 6.17. The SMILES string of the molecule is CCCC=C=CP(=O)(OCC)OCC. The van der Waals surface area contributed by atoms with E-state index in [0.717, 1.165) is 12.8 Å². The summed E-state index contributed by atoms with van der Waals surface area (Å²) in [5, 5.41) is 0. The summed E-state index contributed by atoms with van der Waals surface area (Å²) in [4.78, 5) is 0. The van der Waals surface area contributed by atoms with Gasteiger partial charge < -0.3 is 9.05 Å². The van der Waals surface area contributed by atoms with Crippen LogP contribution in [-0.2, 0) is 13.6 Å². The fourth-order valence-electron chi connectivity index (χ4n) is 0.843. The van der Waals surface area contributed by atoms with Crippen LogP contribution in [0.5, 0.6) is 0 Å². The minimum absolute atomic E-state index is 0.378. The van der Waals surface area contributed by atoms with E-state index in [1.54, 1.807) is 13.8 Å². The summed E-state index contributed by atoms with van der Waals surface area (Å²) in [6.45, 7) is 6.40. The van der Waals surface area contributed by atoms with E-state index in [4.69, 9.17) is 9.05 Å². The van der Waals surface area contributed by atoms with Gasteiger partial charge in [-0.15, -0.1) is 5.73 Å². The Bertz CT molecular complexity index is 232. The van der Waals surface area contributed by atoms with E-state index < -0.39 is 7.60 Å². The monoisotopic (exact) mass is 218 g/mol. The second kappa shape index (κ2) is 8.02. The average Bonchev–Trinajstić information content (AvgIpc) is 2.13. The molecular formula is C10H19O3P. The molecular weight excluding hydrogens is 199 g/mol. The van der Waals surface area contributed by atoms with Crippen molar-refractivity contribution >= 4 is 7.60 Å². The lowest BCUT2D eigenvalue weighted by atomic mass is 10.3. The van der Waals surface area contributed by atoms with Gasteiger partial charge in [0.05, 0.1) is 19.0 Å². The van der Waals surface area contributed by atoms with Gasteiger partial charge in [0.1, 0.15) is 0 Å². The second-order valence-electron chi connectivity index (χ2n) is 2.66. The lowest BCUT2D eigenvalue weighted by Gasteiger charge is -2.10. The molecule has 0 heterocycles. The van der Waals surface area contributed by atoms with Crippen molar-refractivity contribution in [3.63, 3.8) is 0 Å². The Hall–Kier alpha value is -0.330. The molecule has 82 valence electrons. The molecule has 0 amide bonds. The molecule has 4 heteroatoms. The van der Waals surface area contributed by atoms with Crippen LogP contribution in [0.4, 0.5) is 0 Å². The minimum atomic E-state index is -3.03. The highest BCUT2D eigenvalue weighted by Gasteiger charge is 2.18. The largest absolute Gasteiger partial charge is 0.361 e. The highest BCUT2D eigenvalue weighted by atomic mass is 31.2. The summed E-state index contributed by atoms with van der Waals surface area (Å²) >= 11 is 0. The van der Waals surface area contributed by atoms with E-state index in [-0.39, 0.29) is 0 Å². The van der Waals surface area contributed by atoms with E-state index in [9.17, 15) is 4.57 Å². The standard InChI is InChI=1S/C10H19O3P/c1-4-7-8-9-10-14(11,12-5-2)13-6-3/h8,10H,4-7H2,1-3H3.